The minimum atomic E-state index is -0.760. The van der Waals surface area contributed by atoms with Gasteiger partial charge in [0.15, 0.2) is 11.4 Å². The van der Waals surface area contributed by atoms with Gasteiger partial charge in [0, 0.05) is 13.5 Å². The summed E-state index contributed by atoms with van der Waals surface area (Å²) in [5.74, 6) is 0.135. The second-order valence-electron chi connectivity index (χ2n) is 3.42. The molecule has 0 spiro atoms. The molecule has 0 saturated carbocycles. The Balaban J connectivity index is 2.32. The maximum absolute atomic E-state index is 11.6. The van der Waals surface area contributed by atoms with E-state index < -0.39 is 5.60 Å². The standard InChI is InChI=1S/C9H12O3/c1-9(11-2)7(10)5-6-3-4-8(9)12-6/h3-4,6,8H,5H2,1-2H3/t6-,8+,9+/m1/s1. The molecule has 0 aromatic carbocycles. The van der Waals surface area contributed by atoms with E-state index in [1.165, 1.54) is 0 Å². The van der Waals surface area contributed by atoms with Crippen molar-refractivity contribution in [2.75, 3.05) is 7.11 Å². The number of ketones is 1. The van der Waals surface area contributed by atoms with E-state index in [9.17, 15) is 4.79 Å². The molecule has 0 aliphatic carbocycles. The van der Waals surface area contributed by atoms with Crippen LogP contribution in [-0.2, 0) is 14.3 Å². The fraction of sp³-hybridized carbons (Fsp3) is 0.667. The van der Waals surface area contributed by atoms with Crippen LogP contribution in [0.15, 0.2) is 12.2 Å². The topological polar surface area (TPSA) is 35.5 Å². The number of carbonyl (C=O) groups is 1. The lowest BCUT2D eigenvalue weighted by Crippen LogP contribution is -2.52. The smallest absolute Gasteiger partial charge is 0.170 e. The molecule has 2 heterocycles. The van der Waals surface area contributed by atoms with Gasteiger partial charge in [0.2, 0.25) is 0 Å². The lowest BCUT2D eigenvalue weighted by atomic mass is 9.90. The van der Waals surface area contributed by atoms with E-state index in [0.29, 0.717) is 6.42 Å². The Hall–Kier alpha value is -0.670. The Morgan fingerprint density at radius 3 is 3.08 bits per heavy atom. The predicted molar refractivity (Wildman–Crippen MR) is 42.8 cm³/mol. The van der Waals surface area contributed by atoms with Gasteiger partial charge in [0.05, 0.1) is 6.10 Å². The first-order chi connectivity index (χ1) is 5.66. The number of Topliss-reactive ketones (excluding diaryl/α,β-unsaturated/α-hetero) is 1. The van der Waals surface area contributed by atoms with Crippen LogP contribution in [0.3, 0.4) is 0 Å². The monoisotopic (exact) mass is 168 g/mol. The Kier molecular flexibility index (Phi) is 1.59. The van der Waals surface area contributed by atoms with Crippen LogP contribution in [0.4, 0.5) is 0 Å². The molecule has 66 valence electrons. The molecular weight excluding hydrogens is 156 g/mol. The summed E-state index contributed by atoms with van der Waals surface area (Å²) in [6, 6.07) is 0. The van der Waals surface area contributed by atoms with Crippen LogP contribution >= 0.6 is 0 Å². The average molecular weight is 168 g/mol. The summed E-state index contributed by atoms with van der Waals surface area (Å²) >= 11 is 0. The molecular formula is C9H12O3. The van der Waals surface area contributed by atoms with Crippen molar-refractivity contribution < 1.29 is 14.3 Å². The van der Waals surface area contributed by atoms with Crippen LogP contribution in [0.2, 0.25) is 0 Å². The van der Waals surface area contributed by atoms with E-state index in [1.807, 2.05) is 12.2 Å². The van der Waals surface area contributed by atoms with Crippen LogP contribution < -0.4 is 0 Å². The maximum Gasteiger partial charge on any atom is 0.170 e. The molecule has 0 unspecified atom stereocenters. The normalized spacial score (nSPS) is 45.3. The van der Waals surface area contributed by atoms with Gasteiger partial charge < -0.3 is 9.47 Å². The van der Waals surface area contributed by atoms with E-state index in [2.05, 4.69) is 0 Å². The lowest BCUT2D eigenvalue weighted by molar-refractivity contribution is -0.169. The summed E-state index contributed by atoms with van der Waals surface area (Å²) in [6.45, 7) is 1.78. The van der Waals surface area contributed by atoms with E-state index >= 15 is 0 Å². The molecule has 1 fully saturated rings. The molecule has 0 aromatic rings. The molecule has 3 heteroatoms. The summed E-state index contributed by atoms with van der Waals surface area (Å²) in [6.07, 6.45) is 4.10. The maximum atomic E-state index is 11.6. The van der Waals surface area contributed by atoms with Crippen LogP contribution in [-0.4, -0.2) is 30.7 Å². The van der Waals surface area contributed by atoms with Crippen molar-refractivity contribution >= 4 is 5.78 Å². The van der Waals surface area contributed by atoms with Crippen molar-refractivity contribution in [1.29, 1.82) is 0 Å². The highest BCUT2D eigenvalue weighted by Gasteiger charge is 2.48. The minimum Gasteiger partial charge on any atom is -0.368 e. The molecule has 2 bridgehead atoms. The molecule has 12 heavy (non-hydrogen) atoms. The second kappa shape index (κ2) is 2.41. The van der Waals surface area contributed by atoms with Gasteiger partial charge in [-0.25, -0.2) is 0 Å². The van der Waals surface area contributed by atoms with E-state index in [0.717, 1.165) is 0 Å². The molecule has 0 aromatic heterocycles. The zero-order valence-corrected chi connectivity index (χ0v) is 7.24. The van der Waals surface area contributed by atoms with Crippen molar-refractivity contribution in [2.45, 2.75) is 31.2 Å². The van der Waals surface area contributed by atoms with Gasteiger partial charge in [-0.3, -0.25) is 4.79 Å². The Morgan fingerprint density at radius 2 is 2.42 bits per heavy atom. The first kappa shape index (κ1) is 7.95. The molecule has 0 radical (unpaired) electrons. The van der Waals surface area contributed by atoms with Crippen molar-refractivity contribution in [1.82, 2.24) is 0 Å². The van der Waals surface area contributed by atoms with Gasteiger partial charge >= 0.3 is 0 Å². The molecule has 0 amide bonds. The van der Waals surface area contributed by atoms with Crippen LogP contribution in [0.5, 0.6) is 0 Å². The molecule has 2 aliphatic rings. The van der Waals surface area contributed by atoms with Gasteiger partial charge in [-0.05, 0) is 6.92 Å². The third kappa shape index (κ3) is 0.867. The number of carbonyl (C=O) groups excluding carboxylic acids is 1. The summed E-state index contributed by atoms with van der Waals surface area (Å²) in [4.78, 5) is 11.6. The van der Waals surface area contributed by atoms with Crippen LogP contribution in [0.25, 0.3) is 0 Å². The fourth-order valence-corrected chi connectivity index (χ4v) is 1.71. The van der Waals surface area contributed by atoms with Crippen molar-refractivity contribution in [3.8, 4) is 0 Å². The van der Waals surface area contributed by atoms with Crippen LogP contribution in [0, 0.1) is 0 Å². The number of methoxy groups -OCH3 is 1. The van der Waals surface area contributed by atoms with Crippen molar-refractivity contribution in [2.24, 2.45) is 0 Å². The Morgan fingerprint density at radius 1 is 1.67 bits per heavy atom. The number of hydrogen-bond donors (Lipinski definition) is 0. The second-order valence-corrected chi connectivity index (χ2v) is 3.42. The molecule has 1 saturated heterocycles. The van der Waals surface area contributed by atoms with E-state index in [-0.39, 0.29) is 18.0 Å². The third-order valence-corrected chi connectivity index (χ3v) is 2.73. The number of ether oxygens (including phenoxy) is 2. The van der Waals surface area contributed by atoms with Crippen molar-refractivity contribution in [3.05, 3.63) is 12.2 Å². The summed E-state index contributed by atoms with van der Waals surface area (Å²) in [5.41, 5.74) is -0.760. The first-order valence-corrected chi connectivity index (χ1v) is 4.09. The van der Waals surface area contributed by atoms with E-state index in [4.69, 9.17) is 9.47 Å². The first-order valence-electron chi connectivity index (χ1n) is 4.09. The predicted octanol–water partition coefficient (Wildman–Crippen LogP) is 0.688. The number of rotatable bonds is 1. The van der Waals surface area contributed by atoms with Gasteiger partial charge in [-0.2, -0.15) is 0 Å². The van der Waals surface area contributed by atoms with E-state index in [1.54, 1.807) is 14.0 Å². The fourth-order valence-electron chi connectivity index (χ4n) is 1.71. The quantitative estimate of drug-likeness (QED) is 0.540. The Labute approximate surface area is 71.3 Å². The lowest BCUT2D eigenvalue weighted by Gasteiger charge is -2.36. The summed E-state index contributed by atoms with van der Waals surface area (Å²) in [7, 11) is 1.55. The summed E-state index contributed by atoms with van der Waals surface area (Å²) in [5, 5.41) is 0. The average Bonchev–Trinajstić information content (AvgIpc) is 2.47. The zero-order chi connectivity index (χ0) is 8.77. The van der Waals surface area contributed by atoms with Crippen LogP contribution in [0.1, 0.15) is 13.3 Å². The van der Waals surface area contributed by atoms with Crippen molar-refractivity contribution in [3.63, 3.8) is 0 Å². The Bertz CT molecular complexity index is 246. The highest BCUT2D eigenvalue weighted by atomic mass is 16.6. The number of hydrogen-bond acceptors (Lipinski definition) is 3. The molecule has 3 nitrogen and oxygen atoms in total. The summed E-state index contributed by atoms with van der Waals surface area (Å²) < 4.78 is 10.7. The highest BCUT2D eigenvalue weighted by Crippen LogP contribution is 2.34. The number of fused-ring (bicyclic) bond motifs is 2. The van der Waals surface area contributed by atoms with Gasteiger partial charge in [-0.15, -0.1) is 0 Å². The SMILES string of the molecule is CO[C@@]1(C)C(=O)C[C@H]2C=C[C@@H]1O2. The zero-order valence-electron chi connectivity index (χ0n) is 7.24. The molecule has 0 N–H and O–H groups in total. The molecule has 2 aliphatic heterocycles. The van der Waals surface area contributed by atoms with Gasteiger partial charge in [0.25, 0.3) is 0 Å². The highest BCUT2D eigenvalue weighted by molar-refractivity contribution is 5.90. The molecule has 3 atom stereocenters. The largest absolute Gasteiger partial charge is 0.368 e. The van der Waals surface area contributed by atoms with Gasteiger partial charge in [-0.1, -0.05) is 12.2 Å². The van der Waals surface area contributed by atoms with Gasteiger partial charge in [0.1, 0.15) is 6.10 Å². The molecule has 2 rings (SSSR count). The minimum absolute atomic E-state index is 0.00859. The third-order valence-electron chi connectivity index (χ3n) is 2.73.